The molecule has 2 amide bonds. The summed E-state index contributed by atoms with van der Waals surface area (Å²) in [5.74, 6) is -1.78. The van der Waals surface area contributed by atoms with Crippen molar-refractivity contribution in [1.29, 1.82) is 0 Å². The molecule has 160 valence electrons. The summed E-state index contributed by atoms with van der Waals surface area (Å²) < 4.78 is 43.5. The third-order valence-electron chi connectivity index (χ3n) is 4.71. The Bertz CT molecular complexity index is 857. The minimum atomic E-state index is -4.46. The van der Waals surface area contributed by atoms with Crippen LogP contribution in [0.1, 0.15) is 17.2 Å². The first-order valence-electron chi connectivity index (χ1n) is 9.48. The van der Waals surface area contributed by atoms with Gasteiger partial charge in [0.2, 0.25) is 0 Å². The number of benzene rings is 2. The molecule has 1 atom stereocenters. The van der Waals surface area contributed by atoms with E-state index in [1.807, 2.05) is 30.3 Å². The lowest BCUT2D eigenvalue weighted by Gasteiger charge is -2.33. The Balaban J connectivity index is 1.42. The van der Waals surface area contributed by atoms with Crippen LogP contribution in [-0.2, 0) is 20.5 Å². The fraction of sp³-hybridized carbons (Fsp3) is 0.333. The van der Waals surface area contributed by atoms with Gasteiger partial charge in [-0.1, -0.05) is 30.3 Å². The van der Waals surface area contributed by atoms with Crippen LogP contribution in [0, 0.1) is 0 Å². The Morgan fingerprint density at radius 1 is 1.03 bits per heavy atom. The molecule has 0 bridgehead atoms. The zero-order chi connectivity index (χ0) is 21.6. The molecular weight excluding hydrogens is 399 g/mol. The molecule has 0 radical (unpaired) electrons. The molecule has 6 nitrogen and oxygen atoms in total. The number of halogens is 3. The Kier molecular flexibility index (Phi) is 7.07. The number of ether oxygens (including phenoxy) is 1. The number of hydrogen-bond donors (Lipinski definition) is 2. The predicted octanol–water partition coefficient (Wildman–Crippen LogP) is 2.83. The van der Waals surface area contributed by atoms with Gasteiger partial charge in [-0.25, -0.2) is 0 Å². The first kappa shape index (κ1) is 21.8. The summed E-state index contributed by atoms with van der Waals surface area (Å²) in [6.07, 6.45) is -4.50. The van der Waals surface area contributed by atoms with Crippen molar-refractivity contribution in [1.82, 2.24) is 10.2 Å². The zero-order valence-corrected chi connectivity index (χ0v) is 16.1. The van der Waals surface area contributed by atoms with Gasteiger partial charge in [0.15, 0.2) is 0 Å². The summed E-state index contributed by atoms with van der Waals surface area (Å²) in [7, 11) is 0. The molecule has 2 aromatic carbocycles. The molecule has 0 unspecified atom stereocenters. The van der Waals surface area contributed by atoms with Gasteiger partial charge in [0.05, 0.1) is 18.3 Å². The van der Waals surface area contributed by atoms with Crippen LogP contribution < -0.4 is 10.6 Å². The first-order chi connectivity index (χ1) is 14.3. The molecule has 1 aliphatic heterocycles. The summed E-state index contributed by atoms with van der Waals surface area (Å²) in [6.45, 7) is 2.78. The first-order valence-corrected chi connectivity index (χ1v) is 9.48. The maximum atomic E-state index is 12.6. The normalized spacial score (nSPS) is 17.4. The Labute approximate surface area is 172 Å². The molecule has 0 aromatic heterocycles. The summed E-state index contributed by atoms with van der Waals surface area (Å²) in [5.41, 5.74) is 0.369. The van der Waals surface area contributed by atoms with Crippen LogP contribution in [0.15, 0.2) is 54.6 Å². The summed E-state index contributed by atoms with van der Waals surface area (Å²) in [4.78, 5) is 26.0. The van der Waals surface area contributed by atoms with Crippen molar-refractivity contribution < 1.29 is 27.5 Å². The van der Waals surface area contributed by atoms with E-state index in [4.69, 9.17) is 4.74 Å². The molecule has 3 rings (SSSR count). The van der Waals surface area contributed by atoms with E-state index in [0.717, 1.165) is 36.4 Å². The number of amides is 2. The van der Waals surface area contributed by atoms with Gasteiger partial charge >= 0.3 is 18.0 Å². The van der Waals surface area contributed by atoms with Gasteiger partial charge < -0.3 is 15.4 Å². The standard InChI is InChI=1S/C21H22F3N3O3/c22-21(23,24)16-6-8-17(9-7-16)26-20(29)19(28)25-10-11-27-12-13-30-18(14-27)15-4-2-1-3-5-15/h1-9,18H,10-14H2,(H,25,28)(H,26,29)/t18-/m1/s1. The Morgan fingerprint density at radius 3 is 2.40 bits per heavy atom. The number of alkyl halides is 3. The third-order valence-corrected chi connectivity index (χ3v) is 4.71. The maximum Gasteiger partial charge on any atom is 0.416 e. The van der Waals surface area contributed by atoms with Crippen LogP contribution in [0.3, 0.4) is 0 Å². The highest BCUT2D eigenvalue weighted by Crippen LogP contribution is 2.29. The number of carbonyl (C=O) groups excluding carboxylic acids is 2. The topological polar surface area (TPSA) is 70.7 Å². The van der Waals surface area contributed by atoms with Gasteiger partial charge in [-0.3, -0.25) is 14.5 Å². The van der Waals surface area contributed by atoms with E-state index in [1.54, 1.807) is 0 Å². The predicted molar refractivity (Wildman–Crippen MR) is 105 cm³/mol. The van der Waals surface area contributed by atoms with E-state index in [2.05, 4.69) is 15.5 Å². The van der Waals surface area contributed by atoms with Crippen molar-refractivity contribution in [2.24, 2.45) is 0 Å². The van der Waals surface area contributed by atoms with Crippen molar-refractivity contribution in [2.75, 3.05) is 38.1 Å². The highest BCUT2D eigenvalue weighted by Gasteiger charge is 2.30. The SMILES string of the molecule is O=C(NCCN1CCO[C@@H](c2ccccc2)C1)C(=O)Nc1ccc(C(F)(F)F)cc1. The molecule has 0 aliphatic carbocycles. The number of anilines is 1. The van der Waals surface area contributed by atoms with Crippen LogP contribution in [0.2, 0.25) is 0 Å². The number of hydrogen-bond acceptors (Lipinski definition) is 4. The zero-order valence-electron chi connectivity index (χ0n) is 16.1. The van der Waals surface area contributed by atoms with Gasteiger partial charge in [0.1, 0.15) is 0 Å². The fourth-order valence-corrected chi connectivity index (χ4v) is 3.11. The lowest BCUT2D eigenvalue weighted by molar-refractivity contribution is -0.137. The average molecular weight is 421 g/mol. The third kappa shape index (κ3) is 6.04. The highest BCUT2D eigenvalue weighted by atomic mass is 19.4. The maximum absolute atomic E-state index is 12.6. The van der Waals surface area contributed by atoms with Crippen LogP contribution in [-0.4, -0.2) is 49.5 Å². The van der Waals surface area contributed by atoms with Gasteiger partial charge in [-0.2, -0.15) is 13.2 Å². The number of nitrogens with zero attached hydrogens (tertiary/aromatic N) is 1. The minimum Gasteiger partial charge on any atom is -0.371 e. The minimum absolute atomic E-state index is 0.0429. The Hall–Kier alpha value is -2.91. The van der Waals surface area contributed by atoms with E-state index < -0.39 is 23.6 Å². The second-order valence-electron chi connectivity index (χ2n) is 6.86. The van der Waals surface area contributed by atoms with Crippen molar-refractivity contribution in [2.45, 2.75) is 12.3 Å². The summed E-state index contributed by atoms with van der Waals surface area (Å²) in [5, 5.41) is 4.81. The summed E-state index contributed by atoms with van der Waals surface area (Å²) >= 11 is 0. The number of rotatable bonds is 5. The van der Waals surface area contributed by atoms with Crippen LogP contribution in [0.5, 0.6) is 0 Å². The molecule has 9 heteroatoms. The van der Waals surface area contributed by atoms with Crippen LogP contribution >= 0.6 is 0 Å². The van der Waals surface area contributed by atoms with Crippen molar-refractivity contribution in [3.05, 3.63) is 65.7 Å². The molecule has 30 heavy (non-hydrogen) atoms. The average Bonchev–Trinajstić information content (AvgIpc) is 2.74. The molecule has 2 aromatic rings. The van der Waals surface area contributed by atoms with E-state index in [1.165, 1.54) is 0 Å². The van der Waals surface area contributed by atoms with Gasteiger partial charge in [0.25, 0.3) is 0 Å². The lowest BCUT2D eigenvalue weighted by Crippen LogP contribution is -2.44. The van der Waals surface area contributed by atoms with Gasteiger partial charge in [-0.15, -0.1) is 0 Å². The monoisotopic (exact) mass is 421 g/mol. The molecule has 1 fully saturated rings. The van der Waals surface area contributed by atoms with Gasteiger partial charge in [0, 0.05) is 31.9 Å². The Morgan fingerprint density at radius 2 is 1.73 bits per heavy atom. The van der Waals surface area contributed by atoms with Crippen LogP contribution in [0.4, 0.5) is 18.9 Å². The van der Waals surface area contributed by atoms with E-state index in [9.17, 15) is 22.8 Å². The number of morpholine rings is 1. The second-order valence-corrected chi connectivity index (χ2v) is 6.86. The van der Waals surface area contributed by atoms with Crippen molar-refractivity contribution in [3.8, 4) is 0 Å². The van der Waals surface area contributed by atoms with E-state index in [-0.39, 0.29) is 18.3 Å². The molecular formula is C21H22F3N3O3. The van der Waals surface area contributed by atoms with E-state index in [0.29, 0.717) is 19.7 Å². The summed E-state index contributed by atoms with van der Waals surface area (Å²) in [6, 6.07) is 13.7. The largest absolute Gasteiger partial charge is 0.416 e. The molecule has 1 aliphatic rings. The van der Waals surface area contributed by atoms with Crippen molar-refractivity contribution in [3.63, 3.8) is 0 Å². The lowest BCUT2D eigenvalue weighted by atomic mass is 10.1. The molecule has 0 saturated carbocycles. The smallest absolute Gasteiger partial charge is 0.371 e. The molecule has 1 saturated heterocycles. The second kappa shape index (κ2) is 9.73. The van der Waals surface area contributed by atoms with Crippen molar-refractivity contribution >= 4 is 17.5 Å². The van der Waals surface area contributed by atoms with E-state index >= 15 is 0 Å². The highest BCUT2D eigenvalue weighted by molar-refractivity contribution is 6.39. The number of carbonyl (C=O) groups is 2. The van der Waals surface area contributed by atoms with Crippen LogP contribution in [0.25, 0.3) is 0 Å². The number of nitrogens with one attached hydrogen (secondary N) is 2. The molecule has 2 N–H and O–H groups in total. The quantitative estimate of drug-likeness (QED) is 0.729. The molecule has 1 heterocycles. The fourth-order valence-electron chi connectivity index (χ4n) is 3.11. The molecule has 0 spiro atoms. The van der Waals surface area contributed by atoms with Gasteiger partial charge in [-0.05, 0) is 29.8 Å².